The van der Waals surface area contributed by atoms with Crippen LogP contribution in [0, 0.1) is 5.92 Å². The highest BCUT2D eigenvalue weighted by Crippen LogP contribution is 2.33. The van der Waals surface area contributed by atoms with E-state index in [1.807, 2.05) is 19.9 Å². The molecule has 3 rings (SSSR count). The van der Waals surface area contributed by atoms with Crippen LogP contribution in [0.15, 0.2) is 11.8 Å². The fourth-order valence-corrected chi connectivity index (χ4v) is 4.75. The SMILES string of the molecule is CCC1=CCC(C)C(OC2C(NC(=O)OC(C)(C)C)CC(N)C(OC3OCC(C)(O)CC3O)C2O)O1. The van der Waals surface area contributed by atoms with Crippen molar-refractivity contribution in [3.63, 3.8) is 0 Å². The average molecular weight is 517 g/mol. The third-order valence-corrected chi connectivity index (χ3v) is 6.62. The van der Waals surface area contributed by atoms with E-state index in [1.165, 1.54) is 0 Å². The molecule has 2 fully saturated rings. The maximum Gasteiger partial charge on any atom is 0.407 e. The van der Waals surface area contributed by atoms with Crippen LogP contribution in [0.1, 0.15) is 67.2 Å². The highest BCUT2D eigenvalue weighted by Gasteiger charge is 2.49. The van der Waals surface area contributed by atoms with Gasteiger partial charge >= 0.3 is 6.09 Å². The standard InChI is InChI=1S/C25H44N2O9/c1-7-14-9-8-13(2)21(33-14)35-20-16(27-23(30)36-24(3,4)5)10-15(26)19(18(20)29)34-22-17(28)11-25(6,31)12-32-22/h9,13,15-22,28-29,31H,7-8,10-12,26H2,1-6H3,(H,27,30). The van der Waals surface area contributed by atoms with Crippen molar-refractivity contribution in [2.75, 3.05) is 6.61 Å². The molecule has 1 aliphatic carbocycles. The van der Waals surface area contributed by atoms with E-state index in [0.29, 0.717) is 6.42 Å². The van der Waals surface area contributed by atoms with Crippen molar-refractivity contribution in [3.05, 3.63) is 11.8 Å². The van der Waals surface area contributed by atoms with Crippen LogP contribution in [0.25, 0.3) is 0 Å². The van der Waals surface area contributed by atoms with Crippen LogP contribution in [0.2, 0.25) is 0 Å². The summed E-state index contributed by atoms with van der Waals surface area (Å²) in [6, 6.07) is -1.40. The Balaban J connectivity index is 1.78. The second-order valence-electron chi connectivity index (χ2n) is 11.5. The molecular formula is C25H44N2O9. The van der Waals surface area contributed by atoms with Crippen molar-refractivity contribution in [1.82, 2.24) is 5.32 Å². The first kappa shape index (κ1) is 29.1. The van der Waals surface area contributed by atoms with Gasteiger partial charge in [-0.05, 0) is 46.6 Å². The van der Waals surface area contributed by atoms with Crippen molar-refractivity contribution in [1.29, 1.82) is 0 Å². The molecule has 0 aromatic heterocycles. The van der Waals surface area contributed by atoms with E-state index in [1.54, 1.807) is 27.7 Å². The Labute approximate surface area is 213 Å². The van der Waals surface area contributed by atoms with Crippen LogP contribution >= 0.6 is 0 Å². The number of ether oxygens (including phenoxy) is 5. The summed E-state index contributed by atoms with van der Waals surface area (Å²) in [7, 11) is 0. The van der Waals surface area contributed by atoms with Gasteiger partial charge in [-0.1, -0.05) is 13.8 Å². The van der Waals surface area contributed by atoms with Gasteiger partial charge in [0.15, 0.2) is 6.29 Å². The zero-order chi connectivity index (χ0) is 26.8. The number of alkyl carbamates (subject to hydrolysis) is 1. The zero-order valence-electron chi connectivity index (χ0n) is 22.2. The van der Waals surface area contributed by atoms with Crippen molar-refractivity contribution in [3.8, 4) is 0 Å². The zero-order valence-corrected chi connectivity index (χ0v) is 22.2. The van der Waals surface area contributed by atoms with E-state index in [2.05, 4.69) is 5.32 Å². The van der Waals surface area contributed by atoms with Crippen molar-refractivity contribution < 1.29 is 43.8 Å². The number of nitrogens with one attached hydrogen (secondary N) is 1. The molecular weight excluding hydrogens is 472 g/mol. The Hall–Kier alpha value is -1.47. The number of allylic oxidation sites excluding steroid dienone is 2. The molecule has 2 aliphatic heterocycles. The lowest BCUT2D eigenvalue weighted by Gasteiger charge is -2.47. The van der Waals surface area contributed by atoms with E-state index < -0.39 is 66.4 Å². The molecule has 0 spiro atoms. The second-order valence-corrected chi connectivity index (χ2v) is 11.5. The van der Waals surface area contributed by atoms with E-state index in [-0.39, 0.29) is 25.4 Å². The molecule has 1 saturated carbocycles. The summed E-state index contributed by atoms with van der Waals surface area (Å²) in [6.07, 6.45) is -2.91. The summed E-state index contributed by atoms with van der Waals surface area (Å²) in [5.74, 6) is 0.811. The molecule has 1 saturated heterocycles. The number of aliphatic hydroxyl groups excluding tert-OH is 2. The normalized spacial score (nSPS) is 41.7. The van der Waals surface area contributed by atoms with Crippen LogP contribution in [0.4, 0.5) is 4.79 Å². The molecule has 1 amide bonds. The molecule has 0 bridgehead atoms. The topological polar surface area (TPSA) is 162 Å². The Morgan fingerprint density at radius 1 is 1.25 bits per heavy atom. The molecule has 2 heterocycles. The van der Waals surface area contributed by atoms with E-state index in [9.17, 15) is 20.1 Å². The Morgan fingerprint density at radius 3 is 2.53 bits per heavy atom. The summed E-state index contributed by atoms with van der Waals surface area (Å²) in [6.45, 7) is 10.8. The molecule has 0 aromatic carbocycles. The lowest BCUT2D eigenvalue weighted by atomic mass is 9.83. The van der Waals surface area contributed by atoms with Gasteiger partial charge in [-0.15, -0.1) is 0 Å². The number of nitrogens with two attached hydrogens (primary N) is 1. The predicted molar refractivity (Wildman–Crippen MR) is 130 cm³/mol. The van der Waals surface area contributed by atoms with Crippen LogP contribution in [-0.2, 0) is 23.7 Å². The Bertz CT molecular complexity index is 784. The molecule has 10 atom stereocenters. The number of hydrogen-bond acceptors (Lipinski definition) is 10. The number of amides is 1. The molecule has 0 radical (unpaired) electrons. The van der Waals surface area contributed by atoms with Crippen molar-refractivity contribution in [2.45, 2.75) is 128 Å². The first-order chi connectivity index (χ1) is 16.7. The molecule has 10 unspecified atom stereocenters. The fraction of sp³-hybridized carbons (Fsp3) is 0.880. The highest BCUT2D eigenvalue weighted by atomic mass is 16.7. The highest BCUT2D eigenvalue weighted by molar-refractivity contribution is 5.68. The summed E-state index contributed by atoms with van der Waals surface area (Å²) in [5.41, 5.74) is 4.50. The van der Waals surface area contributed by atoms with Crippen LogP contribution in [-0.4, -0.2) is 88.3 Å². The second kappa shape index (κ2) is 11.5. The predicted octanol–water partition coefficient (Wildman–Crippen LogP) is 1.28. The Morgan fingerprint density at radius 2 is 1.92 bits per heavy atom. The van der Waals surface area contributed by atoms with Crippen molar-refractivity contribution >= 4 is 6.09 Å². The maximum absolute atomic E-state index is 12.6. The van der Waals surface area contributed by atoms with Crippen LogP contribution in [0.5, 0.6) is 0 Å². The minimum atomic E-state index is -1.28. The molecule has 208 valence electrons. The van der Waals surface area contributed by atoms with Gasteiger partial charge in [0.2, 0.25) is 6.29 Å². The number of hydrogen-bond donors (Lipinski definition) is 5. The lowest BCUT2D eigenvalue weighted by molar-refractivity contribution is -0.298. The van der Waals surface area contributed by atoms with Gasteiger partial charge in [0, 0.05) is 24.8 Å². The minimum absolute atomic E-state index is 0.00961. The summed E-state index contributed by atoms with van der Waals surface area (Å²) >= 11 is 0. The van der Waals surface area contributed by atoms with Gasteiger partial charge in [-0.25, -0.2) is 4.79 Å². The maximum atomic E-state index is 12.6. The lowest BCUT2D eigenvalue weighted by Crippen LogP contribution is -2.66. The number of aliphatic hydroxyl groups is 3. The number of carbonyl (C=O) groups excluding carboxylic acids is 1. The van der Waals surface area contributed by atoms with E-state index >= 15 is 0 Å². The van der Waals surface area contributed by atoms with Gasteiger partial charge in [-0.2, -0.15) is 0 Å². The summed E-state index contributed by atoms with van der Waals surface area (Å²) in [5, 5.41) is 34.8. The third kappa shape index (κ3) is 7.53. The van der Waals surface area contributed by atoms with Gasteiger partial charge in [0.05, 0.1) is 24.0 Å². The minimum Gasteiger partial charge on any atom is -0.469 e. The molecule has 0 aromatic rings. The molecule has 11 heteroatoms. The first-order valence-corrected chi connectivity index (χ1v) is 12.8. The number of rotatable bonds is 6. The molecule has 3 aliphatic rings. The summed E-state index contributed by atoms with van der Waals surface area (Å²) in [4.78, 5) is 12.6. The molecule has 11 nitrogen and oxygen atoms in total. The summed E-state index contributed by atoms with van der Waals surface area (Å²) < 4.78 is 29.2. The van der Waals surface area contributed by atoms with Crippen LogP contribution < -0.4 is 11.1 Å². The van der Waals surface area contributed by atoms with Gasteiger partial charge in [-0.3, -0.25) is 0 Å². The third-order valence-electron chi connectivity index (χ3n) is 6.62. The average Bonchev–Trinajstić information content (AvgIpc) is 2.74. The van der Waals surface area contributed by atoms with E-state index in [0.717, 1.165) is 12.2 Å². The van der Waals surface area contributed by atoms with Crippen molar-refractivity contribution in [2.24, 2.45) is 11.7 Å². The monoisotopic (exact) mass is 516 g/mol. The first-order valence-electron chi connectivity index (χ1n) is 12.8. The largest absolute Gasteiger partial charge is 0.469 e. The quantitative estimate of drug-likeness (QED) is 0.348. The van der Waals surface area contributed by atoms with E-state index in [4.69, 9.17) is 29.4 Å². The fourth-order valence-electron chi connectivity index (χ4n) is 4.75. The Kier molecular flexibility index (Phi) is 9.30. The molecule has 36 heavy (non-hydrogen) atoms. The van der Waals surface area contributed by atoms with Gasteiger partial charge in [0.25, 0.3) is 0 Å². The van der Waals surface area contributed by atoms with Gasteiger partial charge in [0.1, 0.15) is 30.0 Å². The van der Waals surface area contributed by atoms with Crippen LogP contribution in [0.3, 0.4) is 0 Å². The number of carbonyl (C=O) groups is 1. The van der Waals surface area contributed by atoms with Gasteiger partial charge < -0.3 is 50.1 Å². The molecule has 6 N–H and O–H groups in total. The smallest absolute Gasteiger partial charge is 0.407 e.